The van der Waals surface area contributed by atoms with Crippen molar-refractivity contribution in [1.29, 1.82) is 0 Å². The Morgan fingerprint density at radius 2 is 2.19 bits per heavy atom. The highest BCUT2D eigenvalue weighted by Gasteiger charge is 2.20. The van der Waals surface area contributed by atoms with Crippen LogP contribution in [-0.2, 0) is 17.7 Å². The quantitative estimate of drug-likeness (QED) is 0.747. The Labute approximate surface area is 131 Å². The lowest BCUT2D eigenvalue weighted by Crippen LogP contribution is -2.12. The van der Waals surface area contributed by atoms with E-state index in [0.717, 1.165) is 28.7 Å². The second-order valence-electron chi connectivity index (χ2n) is 4.48. The Morgan fingerprint density at radius 3 is 2.81 bits per heavy atom. The zero-order valence-corrected chi connectivity index (χ0v) is 13.6. The minimum atomic E-state index is -0.420. The summed E-state index contributed by atoms with van der Waals surface area (Å²) in [7, 11) is 0. The van der Waals surface area contributed by atoms with E-state index in [0.29, 0.717) is 18.8 Å². The SMILES string of the molecule is CCCc1c(C(=O)OCC)nnn1Cc1ccc(Br)cn1. The predicted molar refractivity (Wildman–Crippen MR) is 81.0 cm³/mol. The third-order valence-corrected chi connectivity index (χ3v) is 3.36. The second kappa shape index (κ2) is 7.31. The summed E-state index contributed by atoms with van der Waals surface area (Å²) >= 11 is 3.35. The molecule has 0 spiro atoms. The van der Waals surface area contributed by atoms with Crippen molar-refractivity contribution >= 4 is 21.9 Å². The van der Waals surface area contributed by atoms with Gasteiger partial charge in [-0.15, -0.1) is 5.10 Å². The van der Waals surface area contributed by atoms with E-state index in [9.17, 15) is 4.79 Å². The van der Waals surface area contributed by atoms with Gasteiger partial charge in [-0.25, -0.2) is 9.48 Å². The standard InChI is InChI=1S/C14H17BrN4O2/c1-3-5-12-13(14(20)21-4-2)17-18-19(12)9-11-7-6-10(15)8-16-11/h6-8H,3-5,9H2,1-2H3. The fourth-order valence-corrected chi connectivity index (χ4v) is 2.19. The number of esters is 1. The maximum atomic E-state index is 11.9. The van der Waals surface area contributed by atoms with Crippen molar-refractivity contribution in [2.75, 3.05) is 6.61 Å². The Bertz CT molecular complexity index is 610. The van der Waals surface area contributed by atoms with Crippen LogP contribution in [0.1, 0.15) is 42.1 Å². The summed E-state index contributed by atoms with van der Waals surface area (Å²) in [6.07, 6.45) is 3.35. The molecule has 0 saturated heterocycles. The number of aromatic nitrogens is 4. The van der Waals surface area contributed by atoms with Gasteiger partial charge in [-0.3, -0.25) is 4.98 Å². The van der Waals surface area contributed by atoms with Crippen molar-refractivity contribution < 1.29 is 9.53 Å². The number of rotatable bonds is 6. The number of ether oxygens (including phenoxy) is 1. The first kappa shape index (κ1) is 15.6. The van der Waals surface area contributed by atoms with E-state index in [1.165, 1.54) is 0 Å². The van der Waals surface area contributed by atoms with Crippen LogP contribution in [0, 0.1) is 0 Å². The molecule has 0 amide bonds. The minimum absolute atomic E-state index is 0.302. The molecule has 0 aromatic carbocycles. The van der Waals surface area contributed by atoms with Gasteiger partial charge in [0.2, 0.25) is 0 Å². The molecule has 0 fully saturated rings. The number of nitrogens with zero attached hydrogens (tertiary/aromatic N) is 4. The third-order valence-electron chi connectivity index (χ3n) is 2.89. The molecule has 112 valence electrons. The van der Waals surface area contributed by atoms with Gasteiger partial charge in [-0.2, -0.15) is 0 Å². The molecule has 0 unspecified atom stereocenters. The molecule has 2 heterocycles. The van der Waals surface area contributed by atoms with E-state index in [4.69, 9.17) is 4.74 Å². The van der Waals surface area contributed by atoms with Gasteiger partial charge in [0, 0.05) is 10.7 Å². The van der Waals surface area contributed by atoms with Crippen molar-refractivity contribution in [3.05, 3.63) is 39.9 Å². The van der Waals surface area contributed by atoms with Gasteiger partial charge in [-0.1, -0.05) is 18.6 Å². The van der Waals surface area contributed by atoms with Gasteiger partial charge in [0.25, 0.3) is 0 Å². The number of hydrogen-bond acceptors (Lipinski definition) is 5. The third kappa shape index (κ3) is 3.87. The van der Waals surface area contributed by atoms with Crippen LogP contribution in [0.15, 0.2) is 22.8 Å². The molecule has 2 rings (SSSR count). The number of pyridine rings is 1. The van der Waals surface area contributed by atoms with Gasteiger partial charge >= 0.3 is 5.97 Å². The Balaban J connectivity index is 2.26. The van der Waals surface area contributed by atoms with Gasteiger partial charge in [0.1, 0.15) is 0 Å². The van der Waals surface area contributed by atoms with Crippen LogP contribution in [-0.4, -0.2) is 32.6 Å². The normalized spacial score (nSPS) is 10.6. The van der Waals surface area contributed by atoms with Gasteiger partial charge in [0.15, 0.2) is 5.69 Å². The largest absolute Gasteiger partial charge is 0.461 e. The molecule has 0 atom stereocenters. The summed E-state index contributed by atoms with van der Waals surface area (Å²) in [6, 6.07) is 3.83. The lowest BCUT2D eigenvalue weighted by atomic mass is 10.2. The highest BCUT2D eigenvalue weighted by atomic mass is 79.9. The first-order chi connectivity index (χ1) is 10.2. The number of halogens is 1. The molecular weight excluding hydrogens is 336 g/mol. The predicted octanol–water partition coefficient (Wildman–Crippen LogP) is 2.61. The number of carbonyl (C=O) groups excluding carboxylic acids is 1. The average Bonchev–Trinajstić information content (AvgIpc) is 2.85. The van der Waals surface area contributed by atoms with Crippen LogP contribution in [0.5, 0.6) is 0 Å². The summed E-state index contributed by atoms with van der Waals surface area (Å²) in [6.45, 7) is 4.62. The molecular formula is C14H17BrN4O2. The summed E-state index contributed by atoms with van der Waals surface area (Å²) < 4.78 is 7.65. The molecule has 0 N–H and O–H groups in total. The van der Waals surface area contributed by atoms with Crippen molar-refractivity contribution in [2.45, 2.75) is 33.2 Å². The molecule has 6 nitrogen and oxygen atoms in total. The van der Waals surface area contributed by atoms with E-state index < -0.39 is 5.97 Å². The van der Waals surface area contributed by atoms with E-state index in [1.54, 1.807) is 17.8 Å². The van der Waals surface area contributed by atoms with E-state index in [1.807, 2.05) is 19.1 Å². The van der Waals surface area contributed by atoms with Crippen molar-refractivity contribution in [1.82, 2.24) is 20.0 Å². The van der Waals surface area contributed by atoms with E-state index >= 15 is 0 Å². The smallest absolute Gasteiger partial charge is 0.360 e. The number of carbonyl (C=O) groups is 1. The Kier molecular flexibility index (Phi) is 5.44. The second-order valence-corrected chi connectivity index (χ2v) is 5.40. The van der Waals surface area contributed by atoms with Gasteiger partial charge < -0.3 is 4.74 Å². The molecule has 0 saturated carbocycles. The van der Waals surface area contributed by atoms with Crippen molar-refractivity contribution in [2.24, 2.45) is 0 Å². The first-order valence-corrected chi connectivity index (χ1v) is 7.64. The van der Waals surface area contributed by atoms with Crippen LogP contribution >= 0.6 is 15.9 Å². The summed E-state index contributed by atoms with van der Waals surface area (Å²) in [4.78, 5) is 16.2. The maximum absolute atomic E-state index is 11.9. The van der Waals surface area contributed by atoms with E-state index in [2.05, 4.69) is 31.2 Å². The maximum Gasteiger partial charge on any atom is 0.360 e. The first-order valence-electron chi connectivity index (χ1n) is 6.85. The zero-order chi connectivity index (χ0) is 15.2. The van der Waals surface area contributed by atoms with Gasteiger partial charge in [-0.05, 0) is 41.4 Å². The molecule has 21 heavy (non-hydrogen) atoms. The summed E-state index contributed by atoms with van der Waals surface area (Å²) in [5.41, 5.74) is 1.95. The average molecular weight is 353 g/mol. The fraction of sp³-hybridized carbons (Fsp3) is 0.429. The van der Waals surface area contributed by atoms with Crippen LogP contribution in [0.25, 0.3) is 0 Å². The van der Waals surface area contributed by atoms with Crippen LogP contribution in [0.2, 0.25) is 0 Å². The van der Waals surface area contributed by atoms with Crippen molar-refractivity contribution in [3.8, 4) is 0 Å². The molecule has 0 radical (unpaired) electrons. The molecule has 7 heteroatoms. The zero-order valence-electron chi connectivity index (χ0n) is 12.0. The molecule has 0 aliphatic heterocycles. The topological polar surface area (TPSA) is 69.9 Å². The molecule has 2 aromatic heterocycles. The fourth-order valence-electron chi connectivity index (χ4n) is 1.96. The van der Waals surface area contributed by atoms with Crippen LogP contribution < -0.4 is 0 Å². The number of hydrogen-bond donors (Lipinski definition) is 0. The summed E-state index contributed by atoms with van der Waals surface area (Å²) in [5, 5.41) is 8.04. The van der Waals surface area contributed by atoms with Gasteiger partial charge in [0.05, 0.1) is 24.5 Å². The Hall–Kier alpha value is -1.76. The lowest BCUT2D eigenvalue weighted by Gasteiger charge is -2.06. The highest BCUT2D eigenvalue weighted by molar-refractivity contribution is 9.10. The van der Waals surface area contributed by atoms with Crippen LogP contribution in [0.3, 0.4) is 0 Å². The van der Waals surface area contributed by atoms with Crippen LogP contribution in [0.4, 0.5) is 0 Å². The molecule has 0 aliphatic carbocycles. The minimum Gasteiger partial charge on any atom is -0.461 e. The van der Waals surface area contributed by atoms with Crippen molar-refractivity contribution in [3.63, 3.8) is 0 Å². The molecule has 2 aromatic rings. The Morgan fingerprint density at radius 1 is 1.38 bits per heavy atom. The van der Waals surface area contributed by atoms with E-state index in [-0.39, 0.29) is 0 Å². The lowest BCUT2D eigenvalue weighted by molar-refractivity contribution is 0.0518. The highest BCUT2D eigenvalue weighted by Crippen LogP contribution is 2.13. The monoisotopic (exact) mass is 352 g/mol. The molecule has 0 bridgehead atoms. The summed E-state index contributed by atoms with van der Waals surface area (Å²) in [5.74, 6) is -0.420. The molecule has 0 aliphatic rings.